The Bertz CT molecular complexity index is 766. The van der Waals surface area contributed by atoms with Crippen LogP contribution in [0.2, 0.25) is 5.02 Å². The lowest BCUT2D eigenvalue weighted by molar-refractivity contribution is -0.129. The molecule has 0 saturated carbocycles. The Labute approximate surface area is 143 Å². The van der Waals surface area contributed by atoms with Crippen molar-refractivity contribution in [3.8, 4) is 11.6 Å². The second-order valence-electron chi connectivity index (χ2n) is 4.82. The normalized spacial score (nSPS) is 12.1. The fourth-order valence-corrected chi connectivity index (χ4v) is 1.94. The molecule has 1 aromatic heterocycles. The first kappa shape index (κ1) is 17.6. The molecule has 1 N–H and O–H groups in total. The molecule has 8 heteroatoms. The van der Waals surface area contributed by atoms with Gasteiger partial charge in [0.1, 0.15) is 13.7 Å². The largest absolute Gasteiger partial charge is 0.476 e. The number of hydrogen-bond acceptors (Lipinski definition) is 5. The molecule has 0 aliphatic rings. The molecule has 0 spiro atoms. The molecule has 0 aliphatic heterocycles. The lowest BCUT2D eigenvalue weighted by Gasteiger charge is -2.04. The maximum absolute atomic E-state index is 11.0. The third kappa shape index (κ3) is 4.85. The quantitative estimate of drug-likeness (QED) is 0.613. The van der Waals surface area contributed by atoms with Crippen LogP contribution >= 0.6 is 11.6 Å². The van der Waals surface area contributed by atoms with Crippen LogP contribution < -0.4 is 4.74 Å². The monoisotopic (exact) mass is 349 g/mol. The molecular formula is C16H16ClN3O4. The van der Waals surface area contributed by atoms with Gasteiger partial charge in [-0.3, -0.25) is 0 Å². The third-order valence-corrected chi connectivity index (χ3v) is 3.15. The second kappa shape index (κ2) is 8.16. The van der Waals surface area contributed by atoms with E-state index in [1.54, 1.807) is 36.0 Å². The minimum atomic E-state index is -1.18. The van der Waals surface area contributed by atoms with Gasteiger partial charge >= 0.3 is 5.97 Å². The molecule has 0 radical (unpaired) electrons. The van der Waals surface area contributed by atoms with Gasteiger partial charge in [0, 0.05) is 17.3 Å². The Morgan fingerprint density at radius 1 is 1.38 bits per heavy atom. The number of carboxylic acids is 1. The van der Waals surface area contributed by atoms with Crippen molar-refractivity contribution in [3.05, 3.63) is 53.2 Å². The zero-order chi connectivity index (χ0) is 17.5. The fourth-order valence-electron chi connectivity index (χ4n) is 1.81. The number of aliphatic carboxylic acids is 1. The van der Waals surface area contributed by atoms with Crippen molar-refractivity contribution < 1.29 is 19.5 Å². The van der Waals surface area contributed by atoms with E-state index in [0.717, 1.165) is 5.69 Å². The van der Waals surface area contributed by atoms with E-state index < -0.39 is 5.97 Å². The molecule has 2 aromatic rings. The van der Waals surface area contributed by atoms with Gasteiger partial charge in [-0.15, -0.1) is 5.10 Å². The summed E-state index contributed by atoms with van der Waals surface area (Å²) >= 11 is 5.85. The number of oxime groups is 1. The number of halogens is 1. The Morgan fingerprint density at radius 3 is 2.71 bits per heavy atom. The predicted molar refractivity (Wildman–Crippen MR) is 89.9 cm³/mol. The zero-order valence-corrected chi connectivity index (χ0v) is 13.9. The SMILES string of the molecule is CO/N=C(\C=C(\C)COc1ccn(-c2ccc(Cl)cc2)n1)C(=O)O. The molecule has 0 unspecified atom stereocenters. The molecule has 0 bridgehead atoms. The highest BCUT2D eigenvalue weighted by Crippen LogP contribution is 2.15. The van der Waals surface area contributed by atoms with Crippen molar-refractivity contribution in [2.45, 2.75) is 6.92 Å². The Kier molecular flexibility index (Phi) is 5.97. The maximum atomic E-state index is 11.0. The first-order valence-corrected chi connectivity index (χ1v) is 7.33. The van der Waals surface area contributed by atoms with E-state index in [9.17, 15) is 4.79 Å². The van der Waals surface area contributed by atoms with Crippen LogP contribution in [0.1, 0.15) is 6.92 Å². The molecule has 7 nitrogen and oxygen atoms in total. The van der Waals surface area contributed by atoms with Crippen LogP contribution in [-0.2, 0) is 9.63 Å². The minimum Gasteiger partial charge on any atom is -0.476 e. The van der Waals surface area contributed by atoms with Gasteiger partial charge in [-0.25, -0.2) is 9.48 Å². The molecule has 0 amide bonds. The van der Waals surface area contributed by atoms with E-state index in [-0.39, 0.29) is 12.3 Å². The van der Waals surface area contributed by atoms with E-state index in [0.29, 0.717) is 16.5 Å². The molecule has 126 valence electrons. The van der Waals surface area contributed by atoms with Gasteiger partial charge in [0.25, 0.3) is 0 Å². The fraction of sp³-hybridized carbons (Fsp3) is 0.188. The van der Waals surface area contributed by atoms with E-state index in [2.05, 4.69) is 15.1 Å². The summed E-state index contributed by atoms with van der Waals surface area (Å²) in [6, 6.07) is 8.93. The smallest absolute Gasteiger partial charge is 0.357 e. The highest BCUT2D eigenvalue weighted by Gasteiger charge is 2.08. The van der Waals surface area contributed by atoms with Crippen LogP contribution in [0.25, 0.3) is 5.69 Å². The van der Waals surface area contributed by atoms with Crippen molar-refractivity contribution in [1.82, 2.24) is 9.78 Å². The molecule has 1 aromatic carbocycles. The predicted octanol–water partition coefficient (Wildman–Crippen LogP) is 2.94. The van der Waals surface area contributed by atoms with Crippen molar-refractivity contribution in [3.63, 3.8) is 0 Å². The number of carbonyl (C=O) groups is 1. The topological polar surface area (TPSA) is 85.9 Å². The van der Waals surface area contributed by atoms with Crippen LogP contribution in [0.4, 0.5) is 0 Å². The first-order chi connectivity index (χ1) is 11.5. The van der Waals surface area contributed by atoms with Crippen molar-refractivity contribution in [2.24, 2.45) is 5.16 Å². The molecule has 24 heavy (non-hydrogen) atoms. The number of benzene rings is 1. The summed E-state index contributed by atoms with van der Waals surface area (Å²) < 4.78 is 7.19. The Morgan fingerprint density at radius 2 is 2.08 bits per heavy atom. The number of carboxylic acid groups (broad SMARTS) is 1. The second-order valence-corrected chi connectivity index (χ2v) is 5.26. The maximum Gasteiger partial charge on any atom is 0.357 e. The van der Waals surface area contributed by atoms with Crippen LogP contribution in [0.3, 0.4) is 0 Å². The zero-order valence-electron chi connectivity index (χ0n) is 13.1. The summed E-state index contributed by atoms with van der Waals surface area (Å²) in [5, 5.41) is 17.3. The van der Waals surface area contributed by atoms with Crippen molar-refractivity contribution >= 4 is 23.3 Å². The van der Waals surface area contributed by atoms with Crippen molar-refractivity contribution in [1.29, 1.82) is 0 Å². The van der Waals surface area contributed by atoms with Gasteiger partial charge in [-0.05, 0) is 42.8 Å². The van der Waals surface area contributed by atoms with Crippen LogP contribution in [0.5, 0.6) is 5.88 Å². The number of hydrogen-bond donors (Lipinski definition) is 1. The summed E-state index contributed by atoms with van der Waals surface area (Å²) in [6.07, 6.45) is 3.13. The van der Waals surface area contributed by atoms with Gasteiger partial charge in [0.15, 0.2) is 5.71 Å². The highest BCUT2D eigenvalue weighted by molar-refractivity contribution is 6.40. The lowest BCUT2D eigenvalue weighted by Crippen LogP contribution is -2.12. The van der Waals surface area contributed by atoms with Crippen LogP contribution in [-0.4, -0.2) is 40.3 Å². The van der Waals surface area contributed by atoms with Gasteiger partial charge in [0.2, 0.25) is 5.88 Å². The summed E-state index contributed by atoms with van der Waals surface area (Å²) in [6.45, 7) is 1.90. The van der Waals surface area contributed by atoms with E-state index in [1.165, 1.54) is 13.2 Å². The van der Waals surface area contributed by atoms with Crippen LogP contribution in [0.15, 0.2) is 53.3 Å². The molecule has 0 atom stereocenters. The average Bonchev–Trinajstić information content (AvgIpc) is 3.02. The van der Waals surface area contributed by atoms with Crippen molar-refractivity contribution in [2.75, 3.05) is 13.7 Å². The molecule has 0 fully saturated rings. The average molecular weight is 350 g/mol. The Hall–Kier alpha value is -2.80. The van der Waals surface area contributed by atoms with Gasteiger partial charge in [-0.2, -0.15) is 0 Å². The number of rotatable bonds is 7. The minimum absolute atomic E-state index is 0.174. The number of aromatic nitrogens is 2. The summed E-state index contributed by atoms with van der Waals surface area (Å²) in [7, 11) is 1.28. The first-order valence-electron chi connectivity index (χ1n) is 6.95. The highest BCUT2D eigenvalue weighted by atomic mass is 35.5. The van der Waals surface area contributed by atoms with E-state index in [1.807, 2.05) is 12.1 Å². The molecule has 0 saturated heterocycles. The molecule has 1 heterocycles. The molecular weight excluding hydrogens is 334 g/mol. The standard InChI is InChI=1S/C16H16ClN3O4/c1-11(9-14(16(21)22)19-23-2)10-24-15-7-8-20(18-15)13-5-3-12(17)4-6-13/h3-9H,10H2,1-2H3,(H,21,22)/b11-9-,19-14+. The summed E-state index contributed by atoms with van der Waals surface area (Å²) in [5.74, 6) is -0.763. The summed E-state index contributed by atoms with van der Waals surface area (Å²) in [5.41, 5.74) is 1.31. The Balaban J connectivity index is 2.01. The molecule has 0 aliphatic carbocycles. The van der Waals surface area contributed by atoms with Crippen LogP contribution in [0, 0.1) is 0 Å². The van der Waals surface area contributed by atoms with E-state index in [4.69, 9.17) is 21.4 Å². The summed E-state index contributed by atoms with van der Waals surface area (Å²) in [4.78, 5) is 15.4. The number of ether oxygens (including phenoxy) is 1. The van der Waals surface area contributed by atoms with E-state index >= 15 is 0 Å². The van der Waals surface area contributed by atoms with Gasteiger partial charge in [0.05, 0.1) is 5.69 Å². The third-order valence-electron chi connectivity index (χ3n) is 2.90. The molecule has 2 rings (SSSR count). The van der Waals surface area contributed by atoms with Gasteiger partial charge in [-0.1, -0.05) is 16.8 Å². The van der Waals surface area contributed by atoms with Gasteiger partial charge < -0.3 is 14.7 Å². The lowest BCUT2D eigenvalue weighted by atomic mass is 10.2. The number of nitrogens with zero attached hydrogens (tertiary/aromatic N) is 3.